The van der Waals surface area contributed by atoms with Crippen LogP contribution in [0.15, 0.2) is 51.4 Å². The largest absolute Gasteiger partial charge is 0.463 e. The Morgan fingerprint density at radius 2 is 1.90 bits per heavy atom. The van der Waals surface area contributed by atoms with E-state index in [1.165, 1.54) is 22.3 Å². The molecule has 1 fully saturated rings. The minimum atomic E-state index is -0.348. The van der Waals surface area contributed by atoms with Crippen LogP contribution in [0.1, 0.15) is 9.67 Å². The van der Waals surface area contributed by atoms with E-state index >= 15 is 0 Å². The molecule has 10 heteroatoms. The Morgan fingerprint density at radius 1 is 1.10 bits per heavy atom. The molecule has 0 N–H and O–H groups in total. The van der Waals surface area contributed by atoms with Gasteiger partial charge in [-0.2, -0.15) is 5.10 Å². The third kappa shape index (κ3) is 3.01. The van der Waals surface area contributed by atoms with Crippen LogP contribution in [0, 0.1) is 0 Å². The zero-order chi connectivity index (χ0) is 20.0. The Bertz CT molecular complexity index is 1260. The first-order chi connectivity index (χ1) is 14.1. The molecule has 1 aliphatic rings. The molecule has 5 rings (SSSR count). The Labute approximate surface area is 168 Å². The van der Waals surface area contributed by atoms with Crippen LogP contribution < -0.4 is 5.56 Å². The maximum absolute atomic E-state index is 12.7. The summed E-state index contributed by atoms with van der Waals surface area (Å²) in [6.07, 6.45) is 3.06. The number of carbonyl (C=O) groups excluding carboxylic acids is 2. The fraction of sp³-hybridized carbons (Fsp3) is 0.263. The van der Waals surface area contributed by atoms with E-state index in [9.17, 15) is 14.4 Å². The molecule has 4 aromatic heterocycles. The topological polar surface area (TPSA) is 93.1 Å². The number of carbonyl (C=O) groups is 2. The van der Waals surface area contributed by atoms with E-state index < -0.39 is 0 Å². The van der Waals surface area contributed by atoms with Crippen LogP contribution in [-0.4, -0.2) is 62.0 Å². The number of furan rings is 1. The summed E-state index contributed by atoms with van der Waals surface area (Å²) in [6, 6.07) is 7.06. The molecule has 4 aromatic rings. The quantitative estimate of drug-likeness (QED) is 0.506. The van der Waals surface area contributed by atoms with Crippen molar-refractivity contribution in [2.45, 2.75) is 6.54 Å². The fourth-order valence-corrected chi connectivity index (χ4v) is 4.28. The highest BCUT2D eigenvalue weighted by molar-refractivity contribution is 7.12. The van der Waals surface area contributed by atoms with E-state index in [0.717, 1.165) is 5.52 Å². The zero-order valence-electron chi connectivity index (χ0n) is 15.4. The molecule has 29 heavy (non-hydrogen) atoms. The second-order valence-corrected chi connectivity index (χ2v) is 7.76. The highest BCUT2D eigenvalue weighted by Crippen LogP contribution is 2.18. The normalized spacial score (nSPS) is 14.8. The minimum absolute atomic E-state index is 0.00649. The van der Waals surface area contributed by atoms with Gasteiger partial charge in [0, 0.05) is 38.3 Å². The molecule has 2 amide bonds. The summed E-state index contributed by atoms with van der Waals surface area (Å²) in [6.45, 7) is 1.68. The molecule has 0 saturated carbocycles. The number of amides is 2. The average Bonchev–Trinajstić information content (AvgIpc) is 3.47. The molecule has 1 aliphatic heterocycles. The average molecular weight is 411 g/mol. The van der Waals surface area contributed by atoms with Crippen LogP contribution in [0.5, 0.6) is 0 Å². The van der Waals surface area contributed by atoms with Crippen LogP contribution in [0.4, 0.5) is 0 Å². The second kappa shape index (κ2) is 6.89. The van der Waals surface area contributed by atoms with E-state index in [4.69, 9.17) is 4.42 Å². The first-order valence-corrected chi connectivity index (χ1v) is 10.0. The van der Waals surface area contributed by atoms with E-state index in [-0.39, 0.29) is 23.9 Å². The molecule has 0 bridgehead atoms. The number of thiophene rings is 1. The third-order valence-corrected chi connectivity index (χ3v) is 6.01. The smallest absolute Gasteiger partial charge is 0.291 e. The number of fused-ring (bicyclic) bond motifs is 3. The van der Waals surface area contributed by atoms with Crippen LogP contribution in [-0.2, 0) is 11.3 Å². The van der Waals surface area contributed by atoms with Crippen molar-refractivity contribution < 1.29 is 14.0 Å². The molecule has 0 atom stereocenters. The maximum Gasteiger partial charge on any atom is 0.291 e. The predicted octanol–water partition coefficient (Wildman–Crippen LogP) is 1.29. The molecule has 0 unspecified atom stereocenters. The first-order valence-electron chi connectivity index (χ1n) is 9.17. The van der Waals surface area contributed by atoms with Crippen LogP contribution >= 0.6 is 11.3 Å². The Hall–Kier alpha value is -3.40. The zero-order valence-corrected chi connectivity index (χ0v) is 16.2. The lowest BCUT2D eigenvalue weighted by Gasteiger charge is -2.34. The first kappa shape index (κ1) is 17.7. The molecule has 0 aliphatic carbocycles. The van der Waals surface area contributed by atoms with Gasteiger partial charge in [0.15, 0.2) is 5.58 Å². The van der Waals surface area contributed by atoms with Crippen molar-refractivity contribution in [1.29, 1.82) is 0 Å². The van der Waals surface area contributed by atoms with Gasteiger partial charge >= 0.3 is 0 Å². The summed E-state index contributed by atoms with van der Waals surface area (Å²) in [4.78, 5) is 41.9. The van der Waals surface area contributed by atoms with Gasteiger partial charge in [-0.15, -0.1) is 11.3 Å². The lowest BCUT2D eigenvalue weighted by molar-refractivity contribution is -0.133. The molecule has 0 spiro atoms. The van der Waals surface area contributed by atoms with Crippen molar-refractivity contribution >= 4 is 39.8 Å². The van der Waals surface area contributed by atoms with Crippen LogP contribution in [0.2, 0.25) is 0 Å². The van der Waals surface area contributed by atoms with E-state index in [0.29, 0.717) is 42.2 Å². The Kier molecular flexibility index (Phi) is 4.20. The van der Waals surface area contributed by atoms with Crippen molar-refractivity contribution in [3.05, 3.63) is 57.5 Å². The van der Waals surface area contributed by atoms with Gasteiger partial charge in [0.05, 0.1) is 16.7 Å². The second-order valence-electron chi connectivity index (χ2n) is 6.81. The number of aromatic nitrogens is 3. The fourth-order valence-electron chi connectivity index (χ4n) is 3.59. The van der Waals surface area contributed by atoms with Gasteiger partial charge in [-0.25, -0.2) is 4.68 Å². The van der Waals surface area contributed by atoms with Crippen molar-refractivity contribution in [2.75, 3.05) is 26.2 Å². The standard InChI is InChI=1S/C19H17N5O4S/c25-17(21-4-6-22(7-5-21)19(27)16-2-1-9-29-16)11-24-18(26)14-10-15-13(3-8-28-15)23(14)12-20-24/h1-3,8-10,12H,4-7,11H2. The molecular formula is C19H17N5O4S. The molecule has 0 radical (unpaired) electrons. The molecule has 0 aromatic carbocycles. The monoisotopic (exact) mass is 411 g/mol. The minimum Gasteiger partial charge on any atom is -0.463 e. The lowest BCUT2D eigenvalue weighted by atomic mass is 10.3. The number of nitrogens with zero attached hydrogens (tertiary/aromatic N) is 5. The summed E-state index contributed by atoms with van der Waals surface area (Å²) in [5, 5.41) is 6.01. The van der Waals surface area contributed by atoms with Gasteiger partial charge in [0.25, 0.3) is 11.5 Å². The SMILES string of the molecule is O=C(Cn1ncn2c(cc3occc32)c1=O)N1CCN(C(=O)c2cccs2)CC1. The highest BCUT2D eigenvalue weighted by atomic mass is 32.1. The van der Waals surface area contributed by atoms with Gasteiger partial charge in [-0.05, 0) is 11.4 Å². The lowest BCUT2D eigenvalue weighted by Crippen LogP contribution is -2.51. The summed E-state index contributed by atoms with van der Waals surface area (Å²) < 4.78 is 8.14. The highest BCUT2D eigenvalue weighted by Gasteiger charge is 2.26. The molecule has 1 saturated heterocycles. The van der Waals surface area contributed by atoms with Gasteiger partial charge in [-0.1, -0.05) is 6.07 Å². The summed E-state index contributed by atoms with van der Waals surface area (Å²) in [5.74, 6) is -0.199. The summed E-state index contributed by atoms with van der Waals surface area (Å²) >= 11 is 1.41. The van der Waals surface area contributed by atoms with Crippen molar-refractivity contribution in [2.24, 2.45) is 0 Å². The van der Waals surface area contributed by atoms with Gasteiger partial charge in [-0.3, -0.25) is 18.8 Å². The van der Waals surface area contributed by atoms with Crippen molar-refractivity contribution in [3.8, 4) is 0 Å². The molecule has 9 nitrogen and oxygen atoms in total. The van der Waals surface area contributed by atoms with Crippen molar-refractivity contribution in [3.63, 3.8) is 0 Å². The van der Waals surface area contributed by atoms with Crippen LogP contribution in [0.25, 0.3) is 16.6 Å². The number of rotatable bonds is 3. The Balaban J connectivity index is 1.28. The number of hydrogen-bond acceptors (Lipinski definition) is 6. The Morgan fingerprint density at radius 3 is 2.66 bits per heavy atom. The van der Waals surface area contributed by atoms with Crippen molar-refractivity contribution in [1.82, 2.24) is 24.0 Å². The van der Waals surface area contributed by atoms with Gasteiger partial charge < -0.3 is 14.2 Å². The summed E-state index contributed by atoms with van der Waals surface area (Å²) in [5.41, 5.74) is 1.42. The number of piperazine rings is 1. The number of hydrogen-bond donors (Lipinski definition) is 0. The van der Waals surface area contributed by atoms with Gasteiger partial charge in [0.2, 0.25) is 5.91 Å². The third-order valence-electron chi connectivity index (χ3n) is 5.16. The molecule has 148 valence electrons. The van der Waals surface area contributed by atoms with Crippen LogP contribution in [0.3, 0.4) is 0 Å². The molecule has 5 heterocycles. The van der Waals surface area contributed by atoms with E-state index in [1.807, 2.05) is 11.4 Å². The maximum atomic E-state index is 12.7. The van der Waals surface area contributed by atoms with Gasteiger partial charge in [0.1, 0.15) is 18.4 Å². The summed E-state index contributed by atoms with van der Waals surface area (Å²) in [7, 11) is 0. The van der Waals surface area contributed by atoms with E-state index in [2.05, 4.69) is 5.10 Å². The van der Waals surface area contributed by atoms with E-state index in [1.54, 1.807) is 38.7 Å². The predicted molar refractivity (Wildman–Crippen MR) is 106 cm³/mol. The molecular weight excluding hydrogens is 394 g/mol.